The van der Waals surface area contributed by atoms with Crippen LogP contribution in [0.4, 0.5) is 0 Å². The molecular formula is C52H64N8O6. The maximum Gasteiger partial charge on any atom is 0.328 e. The van der Waals surface area contributed by atoms with Crippen LogP contribution in [0.3, 0.4) is 0 Å². The van der Waals surface area contributed by atoms with E-state index >= 15 is 0 Å². The van der Waals surface area contributed by atoms with Gasteiger partial charge in [0.15, 0.2) is 0 Å². The van der Waals surface area contributed by atoms with E-state index in [1.807, 2.05) is 85.2 Å². The first-order valence-electron chi connectivity index (χ1n) is 22.5. The zero-order valence-electron chi connectivity index (χ0n) is 38.6. The van der Waals surface area contributed by atoms with Gasteiger partial charge < -0.3 is 30.6 Å². The molecule has 66 heavy (non-hydrogen) atoms. The van der Waals surface area contributed by atoms with Crippen molar-refractivity contribution in [3.05, 3.63) is 146 Å². The molecule has 2 aromatic heterocycles. The minimum absolute atomic E-state index is 0.00978. The number of hydrogen-bond acceptors (Lipinski definition) is 8. The first-order valence-corrected chi connectivity index (χ1v) is 22.5. The predicted molar refractivity (Wildman–Crippen MR) is 261 cm³/mol. The first kappa shape index (κ1) is 51.5. The fourth-order valence-electron chi connectivity index (χ4n) is 7.14. The molecule has 0 spiro atoms. The predicted octanol–water partition coefficient (Wildman–Crippen LogP) is 7.84. The Morgan fingerprint density at radius 1 is 0.500 bits per heavy atom. The van der Waals surface area contributed by atoms with Gasteiger partial charge in [-0.15, -0.1) is 0 Å². The van der Waals surface area contributed by atoms with Gasteiger partial charge in [0, 0.05) is 47.5 Å². The van der Waals surface area contributed by atoms with E-state index < -0.39 is 11.9 Å². The van der Waals surface area contributed by atoms with Crippen LogP contribution < -0.4 is 10.6 Å². The van der Waals surface area contributed by atoms with Gasteiger partial charge in [0.05, 0.1) is 23.8 Å². The number of carbonyl (C=O) groups excluding carboxylic acids is 2. The molecule has 6 aromatic rings. The molecule has 14 heteroatoms. The number of carboxylic acid groups (broad SMARTS) is 2. The zero-order valence-corrected chi connectivity index (χ0v) is 38.6. The van der Waals surface area contributed by atoms with Crippen molar-refractivity contribution < 1.29 is 29.4 Å². The van der Waals surface area contributed by atoms with Crippen LogP contribution in [0.2, 0.25) is 0 Å². The fourth-order valence-corrected chi connectivity index (χ4v) is 7.14. The molecule has 0 aliphatic rings. The van der Waals surface area contributed by atoms with Crippen LogP contribution in [0.25, 0.3) is 44.8 Å². The number of aliphatic carboxylic acids is 2. The number of benzene rings is 4. The van der Waals surface area contributed by atoms with E-state index in [-0.39, 0.29) is 24.9 Å². The highest BCUT2D eigenvalue weighted by molar-refractivity contribution is 5.89. The second-order valence-electron chi connectivity index (χ2n) is 15.1. The van der Waals surface area contributed by atoms with E-state index in [1.165, 1.54) is 0 Å². The standard InChI is InChI=1S/2C24H30N4O.C4H4O4/c2*1-3-27(4-2)17-11-16-25-23(29)19-28-24(21-14-9-6-10-15-21)22(18-26-28)20-12-7-5-8-13-20;5-3(6)1-2-4(7)8/h2*5-10,12-15,18H,3-4,11,16-17,19H2,1-2H3,(H,25,29);1-2H,(H,5,6)(H,7,8)/b;;2-1+. The van der Waals surface area contributed by atoms with Crippen molar-refractivity contribution in [2.24, 2.45) is 0 Å². The number of aromatic nitrogens is 4. The Kier molecular flexibility index (Phi) is 22.3. The van der Waals surface area contributed by atoms with E-state index in [4.69, 9.17) is 10.2 Å². The number of carboxylic acids is 2. The highest BCUT2D eigenvalue weighted by atomic mass is 16.4. The number of rotatable bonds is 22. The zero-order chi connectivity index (χ0) is 47.5. The van der Waals surface area contributed by atoms with Gasteiger partial charge >= 0.3 is 11.9 Å². The van der Waals surface area contributed by atoms with E-state index in [0.717, 1.165) is 96.9 Å². The lowest BCUT2D eigenvalue weighted by atomic mass is 10.0. The second-order valence-corrected chi connectivity index (χ2v) is 15.1. The van der Waals surface area contributed by atoms with Gasteiger partial charge in [-0.2, -0.15) is 10.2 Å². The van der Waals surface area contributed by atoms with Crippen molar-refractivity contribution in [1.82, 2.24) is 40.0 Å². The molecule has 0 fully saturated rings. The highest BCUT2D eigenvalue weighted by Gasteiger charge is 2.18. The third kappa shape index (κ3) is 17.1. The van der Waals surface area contributed by atoms with Crippen LogP contribution in [0, 0.1) is 0 Å². The molecule has 0 atom stereocenters. The summed E-state index contributed by atoms with van der Waals surface area (Å²) in [6.45, 7) is 16.6. The van der Waals surface area contributed by atoms with Crippen LogP contribution in [-0.4, -0.2) is 116 Å². The molecule has 0 bridgehead atoms. The normalized spacial score (nSPS) is 10.8. The largest absolute Gasteiger partial charge is 0.478 e. The van der Waals surface area contributed by atoms with Crippen LogP contribution in [0.15, 0.2) is 146 Å². The van der Waals surface area contributed by atoms with Crippen molar-refractivity contribution in [3.63, 3.8) is 0 Å². The minimum Gasteiger partial charge on any atom is -0.478 e. The molecule has 4 aromatic carbocycles. The highest BCUT2D eigenvalue weighted by Crippen LogP contribution is 2.33. The third-order valence-corrected chi connectivity index (χ3v) is 10.6. The molecule has 0 saturated carbocycles. The topological polar surface area (TPSA) is 175 Å². The molecule has 0 radical (unpaired) electrons. The molecule has 0 aliphatic heterocycles. The van der Waals surface area contributed by atoms with Crippen molar-refractivity contribution in [1.29, 1.82) is 0 Å². The lowest BCUT2D eigenvalue weighted by molar-refractivity contribution is -0.134. The van der Waals surface area contributed by atoms with Gasteiger partial charge in [-0.05, 0) is 63.2 Å². The summed E-state index contributed by atoms with van der Waals surface area (Å²) >= 11 is 0. The Bertz CT molecular complexity index is 2210. The maximum atomic E-state index is 12.5. The molecule has 14 nitrogen and oxygen atoms in total. The Morgan fingerprint density at radius 3 is 1.09 bits per heavy atom. The maximum absolute atomic E-state index is 12.5. The average Bonchev–Trinajstić information content (AvgIpc) is 3.96. The molecule has 0 unspecified atom stereocenters. The smallest absolute Gasteiger partial charge is 0.328 e. The molecule has 348 valence electrons. The van der Waals surface area contributed by atoms with Crippen LogP contribution in [0.1, 0.15) is 40.5 Å². The van der Waals surface area contributed by atoms with Crippen molar-refractivity contribution in [2.75, 3.05) is 52.4 Å². The summed E-state index contributed by atoms with van der Waals surface area (Å²) in [5.74, 6) is -2.53. The number of nitrogens with zero attached hydrogens (tertiary/aromatic N) is 6. The molecule has 0 aliphatic carbocycles. The molecular weight excluding hydrogens is 833 g/mol. The van der Waals surface area contributed by atoms with Gasteiger partial charge in [-0.25, -0.2) is 9.59 Å². The summed E-state index contributed by atoms with van der Waals surface area (Å²) in [7, 11) is 0. The molecule has 2 amide bonds. The molecule has 0 saturated heterocycles. The first-order chi connectivity index (χ1) is 32.1. The van der Waals surface area contributed by atoms with E-state index in [0.29, 0.717) is 25.2 Å². The summed E-state index contributed by atoms with van der Waals surface area (Å²) in [5, 5.41) is 30.8. The Morgan fingerprint density at radius 2 is 0.803 bits per heavy atom. The second kappa shape index (κ2) is 28.6. The summed E-state index contributed by atoms with van der Waals surface area (Å²) in [4.78, 5) is 48.9. The quantitative estimate of drug-likeness (QED) is 0.0388. The fraction of sp³-hybridized carbons (Fsp3) is 0.308. The Hall–Kier alpha value is -7.16. The van der Waals surface area contributed by atoms with Crippen molar-refractivity contribution >= 4 is 23.8 Å². The summed E-state index contributed by atoms with van der Waals surface area (Å²) in [6, 6.07) is 40.6. The van der Waals surface area contributed by atoms with E-state index in [2.05, 4.69) is 107 Å². The van der Waals surface area contributed by atoms with Crippen LogP contribution in [0.5, 0.6) is 0 Å². The van der Waals surface area contributed by atoms with E-state index in [1.54, 1.807) is 9.36 Å². The minimum atomic E-state index is -1.26. The Labute approximate surface area is 388 Å². The van der Waals surface area contributed by atoms with Gasteiger partial charge in [-0.1, -0.05) is 149 Å². The summed E-state index contributed by atoms with van der Waals surface area (Å²) in [5.41, 5.74) is 8.30. The lowest BCUT2D eigenvalue weighted by Crippen LogP contribution is -2.32. The molecule has 6 rings (SSSR count). The average molecular weight is 897 g/mol. The van der Waals surface area contributed by atoms with Gasteiger partial charge in [0.2, 0.25) is 11.8 Å². The Balaban J connectivity index is 0.000000248. The number of hydrogen-bond donors (Lipinski definition) is 4. The van der Waals surface area contributed by atoms with Gasteiger partial charge in [-0.3, -0.25) is 19.0 Å². The van der Waals surface area contributed by atoms with Crippen molar-refractivity contribution in [3.8, 4) is 44.8 Å². The van der Waals surface area contributed by atoms with Crippen LogP contribution >= 0.6 is 0 Å². The lowest BCUT2D eigenvalue weighted by Gasteiger charge is -2.17. The number of amides is 2. The summed E-state index contributed by atoms with van der Waals surface area (Å²) in [6.07, 6.45) is 6.72. The molecule has 2 heterocycles. The number of nitrogens with one attached hydrogen (secondary N) is 2. The summed E-state index contributed by atoms with van der Waals surface area (Å²) < 4.78 is 3.61. The van der Waals surface area contributed by atoms with Crippen molar-refractivity contribution in [2.45, 2.75) is 53.6 Å². The van der Waals surface area contributed by atoms with Gasteiger partial charge in [0.1, 0.15) is 13.1 Å². The van der Waals surface area contributed by atoms with Crippen LogP contribution in [-0.2, 0) is 32.3 Å². The molecule has 4 N–H and O–H groups in total. The SMILES string of the molecule is CCN(CC)CCCNC(=O)Cn1ncc(-c2ccccc2)c1-c1ccccc1.CCN(CC)CCCNC(=O)Cn1ncc(-c2ccccc2)c1-c1ccccc1.O=C(O)/C=C/C(=O)O. The number of carbonyl (C=O) groups is 4. The van der Waals surface area contributed by atoms with Gasteiger partial charge in [0.25, 0.3) is 0 Å². The third-order valence-electron chi connectivity index (χ3n) is 10.6. The monoisotopic (exact) mass is 896 g/mol. The van der Waals surface area contributed by atoms with E-state index in [9.17, 15) is 19.2 Å².